The largest absolute Gasteiger partial charge is 0.479 e. The molecule has 170 valence electrons. The smallest absolute Gasteiger partial charge is 0.291 e. The van der Waals surface area contributed by atoms with Crippen molar-refractivity contribution in [3.8, 4) is 23.5 Å². The van der Waals surface area contributed by atoms with Crippen LogP contribution in [0, 0.1) is 13.8 Å². The van der Waals surface area contributed by atoms with Gasteiger partial charge in [0.1, 0.15) is 11.6 Å². The number of aromatic nitrogens is 2. The molecule has 0 spiro atoms. The van der Waals surface area contributed by atoms with E-state index in [0.29, 0.717) is 5.82 Å². The first-order valence-corrected chi connectivity index (χ1v) is 10.4. The molecule has 32 heavy (non-hydrogen) atoms. The molecule has 1 N–H and O–H groups in total. The zero-order valence-electron chi connectivity index (χ0n) is 19.2. The van der Waals surface area contributed by atoms with E-state index < -0.39 is 5.91 Å². The number of furan rings is 1. The third-order valence-corrected chi connectivity index (χ3v) is 5.74. The van der Waals surface area contributed by atoms with Gasteiger partial charge in [-0.15, -0.1) is 0 Å². The van der Waals surface area contributed by atoms with Crippen LogP contribution in [0.2, 0.25) is 0 Å². The number of hydrogen-bond acceptors (Lipinski definition) is 7. The minimum absolute atomic E-state index is 0. The molecule has 0 saturated heterocycles. The summed E-state index contributed by atoms with van der Waals surface area (Å²) in [6.07, 6.45) is 2.19. The number of nitrogens with one attached hydrogen (secondary N) is 1. The van der Waals surface area contributed by atoms with Gasteiger partial charge in [-0.3, -0.25) is 4.79 Å². The molecule has 1 aliphatic carbocycles. The van der Waals surface area contributed by atoms with E-state index in [1.54, 1.807) is 19.1 Å². The van der Waals surface area contributed by atoms with Crippen molar-refractivity contribution in [3.63, 3.8) is 0 Å². The molecule has 0 bridgehead atoms. The fourth-order valence-electron chi connectivity index (χ4n) is 3.98. The van der Waals surface area contributed by atoms with Gasteiger partial charge in [0.15, 0.2) is 11.4 Å². The maximum absolute atomic E-state index is 12.8. The highest BCUT2D eigenvalue weighted by Gasteiger charge is 2.31. The number of amides is 1. The fourth-order valence-corrected chi connectivity index (χ4v) is 3.98. The minimum Gasteiger partial charge on any atom is -0.479 e. The summed E-state index contributed by atoms with van der Waals surface area (Å²) in [5.74, 6) is 1.37. The lowest BCUT2D eigenvalue weighted by atomic mass is 9.86. The third-order valence-electron chi connectivity index (χ3n) is 5.74. The quantitative estimate of drug-likeness (QED) is 0.563. The highest BCUT2D eigenvalue weighted by atomic mass is 16.6. The molecule has 0 radical (unpaired) electrons. The molecule has 0 aliphatic heterocycles. The molecule has 1 amide bonds. The van der Waals surface area contributed by atoms with Gasteiger partial charge in [0.2, 0.25) is 11.8 Å². The Hall–Kier alpha value is -3.55. The SMILES string of the molecule is COc1nc(C)nc(OC)c1NC(=O)c1ccc(Oc2cc3c(cc2C)CCC3(C)C)o1.[HH]. The van der Waals surface area contributed by atoms with Crippen LogP contribution in [0.5, 0.6) is 23.5 Å². The van der Waals surface area contributed by atoms with Crippen LogP contribution in [0.4, 0.5) is 5.69 Å². The van der Waals surface area contributed by atoms with E-state index in [1.165, 1.54) is 25.3 Å². The molecule has 1 aliphatic rings. The monoisotopic (exact) mass is 439 g/mol. The Morgan fingerprint density at radius 2 is 1.81 bits per heavy atom. The maximum Gasteiger partial charge on any atom is 0.291 e. The zero-order valence-corrected chi connectivity index (χ0v) is 19.2. The lowest BCUT2D eigenvalue weighted by Crippen LogP contribution is -2.14. The molecule has 8 nitrogen and oxygen atoms in total. The number of methoxy groups -OCH3 is 2. The van der Waals surface area contributed by atoms with Crippen LogP contribution in [-0.4, -0.2) is 30.1 Å². The van der Waals surface area contributed by atoms with Crippen molar-refractivity contribution in [2.24, 2.45) is 0 Å². The van der Waals surface area contributed by atoms with Crippen LogP contribution in [0.25, 0.3) is 0 Å². The van der Waals surface area contributed by atoms with Crippen LogP contribution in [0.1, 0.15) is 54.8 Å². The summed E-state index contributed by atoms with van der Waals surface area (Å²) in [6, 6.07) is 7.42. The molecule has 2 aromatic heterocycles. The number of nitrogens with zero attached hydrogens (tertiary/aromatic N) is 2. The van der Waals surface area contributed by atoms with Gasteiger partial charge >= 0.3 is 0 Å². The summed E-state index contributed by atoms with van der Waals surface area (Å²) in [7, 11) is 2.91. The van der Waals surface area contributed by atoms with E-state index in [2.05, 4.69) is 41.3 Å². The second-order valence-corrected chi connectivity index (χ2v) is 8.50. The summed E-state index contributed by atoms with van der Waals surface area (Å²) >= 11 is 0. The molecule has 1 aromatic carbocycles. The van der Waals surface area contributed by atoms with Crippen molar-refractivity contribution in [3.05, 3.63) is 52.5 Å². The highest BCUT2D eigenvalue weighted by molar-refractivity contribution is 6.03. The molecule has 0 fully saturated rings. The van der Waals surface area contributed by atoms with Crippen LogP contribution >= 0.6 is 0 Å². The summed E-state index contributed by atoms with van der Waals surface area (Å²) in [4.78, 5) is 21.1. The Kier molecular flexibility index (Phi) is 5.54. The van der Waals surface area contributed by atoms with Gasteiger partial charge in [0.05, 0.1) is 14.2 Å². The summed E-state index contributed by atoms with van der Waals surface area (Å²) in [6.45, 7) is 8.19. The average molecular weight is 440 g/mol. The van der Waals surface area contributed by atoms with Gasteiger partial charge in [0.25, 0.3) is 11.9 Å². The van der Waals surface area contributed by atoms with E-state index in [0.717, 1.165) is 24.2 Å². The zero-order chi connectivity index (χ0) is 23.0. The second kappa shape index (κ2) is 8.18. The molecular weight excluding hydrogens is 410 g/mol. The van der Waals surface area contributed by atoms with Gasteiger partial charge in [-0.2, -0.15) is 9.97 Å². The van der Waals surface area contributed by atoms with Crippen molar-refractivity contribution >= 4 is 11.6 Å². The van der Waals surface area contributed by atoms with Crippen molar-refractivity contribution < 1.29 is 24.8 Å². The first-order chi connectivity index (χ1) is 15.2. The van der Waals surface area contributed by atoms with Crippen molar-refractivity contribution in [2.45, 2.75) is 46.0 Å². The van der Waals surface area contributed by atoms with E-state index in [-0.39, 0.29) is 36.0 Å². The van der Waals surface area contributed by atoms with Gasteiger partial charge in [0, 0.05) is 7.49 Å². The number of ether oxygens (including phenoxy) is 3. The highest BCUT2D eigenvalue weighted by Crippen LogP contribution is 2.42. The number of benzene rings is 1. The predicted molar refractivity (Wildman–Crippen MR) is 121 cm³/mol. The lowest BCUT2D eigenvalue weighted by molar-refractivity contribution is 0.0990. The Morgan fingerprint density at radius 1 is 1.12 bits per heavy atom. The number of anilines is 1. The average Bonchev–Trinajstić information content (AvgIpc) is 3.33. The number of fused-ring (bicyclic) bond motifs is 1. The van der Waals surface area contributed by atoms with Gasteiger partial charge < -0.3 is 23.9 Å². The van der Waals surface area contributed by atoms with E-state index >= 15 is 0 Å². The molecule has 0 atom stereocenters. The summed E-state index contributed by atoms with van der Waals surface area (Å²) in [5.41, 5.74) is 4.02. The second-order valence-electron chi connectivity index (χ2n) is 8.50. The van der Waals surface area contributed by atoms with E-state index in [4.69, 9.17) is 18.6 Å². The number of hydrogen-bond donors (Lipinski definition) is 1. The Balaban J connectivity index is 0.00000306. The molecule has 2 heterocycles. The molecular formula is C24H29N3O5. The number of carbonyl (C=O) groups excluding carboxylic acids is 1. The van der Waals surface area contributed by atoms with Crippen molar-refractivity contribution in [2.75, 3.05) is 19.5 Å². The van der Waals surface area contributed by atoms with Crippen LogP contribution in [-0.2, 0) is 11.8 Å². The Morgan fingerprint density at radius 3 is 2.47 bits per heavy atom. The molecule has 0 saturated carbocycles. The summed E-state index contributed by atoms with van der Waals surface area (Å²) < 4.78 is 22.2. The maximum atomic E-state index is 12.8. The number of carbonyl (C=O) groups is 1. The Labute approximate surface area is 188 Å². The number of rotatable bonds is 6. The normalized spacial score (nSPS) is 14.1. The first kappa shape index (κ1) is 21.7. The van der Waals surface area contributed by atoms with Gasteiger partial charge in [-0.25, -0.2) is 0 Å². The molecule has 3 aromatic rings. The van der Waals surface area contributed by atoms with Crippen LogP contribution < -0.4 is 19.5 Å². The van der Waals surface area contributed by atoms with Crippen molar-refractivity contribution in [1.82, 2.24) is 9.97 Å². The van der Waals surface area contributed by atoms with Gasteiger partial charge in [-0.1, -0.05) is 19.9 Å². The topological polar surface area (TPSA) is 95.7 Å². The molecule has 8 heteroatoms. The summed E-state index contributed by atoms with van der Waals surface area (Å²) in [5, 5.41) is 2.69. The minimum atomic E-state index is -0.504. The molecule has 4 rings (SSSR count). The predicted octanol–water partition coefficient (Wildman–Crippen LogP) is 5.22. The van der Waals surface area contributed by atoms with Crippen molar-refractivity contribution in [1.29, 1.82) is 0 Å². The standard InChI is InChI=1S/C24H27N3O5.H2/c1-13-11-15-9-10-24(3,4)16(15)12-18(13)32-19-8-7-17(31-19)21(28)27-20-22(29-5)25-14(2)26-23(20)30-6;/h7-8,11-12H,9-10H2,1-6H3,(H,27,28);1H. The van der Waals surface area contributed by atoms with Crippen LogP contribution in [0.3, 0.4) is 0 Å². The lowest BCUT2D eigenvalue weighted by Gasteiger charge is -2.20. The first-order valence-electron chi connectivity index (χ1n) is 10.4. The van der Waals surface area contributed by atoms with Crippen LogP contribution in [0.15, 0.2) is 28.7 Å². The number of aryl methyl sites for hydroxylation is 3. The van der Waals surface area contributed by atoms with E-state index in [1.807, 2.05) is 6.92 Å². The van der Waals surface area contributed by atoms with E-state index in [9.17, 15) is 4.79 Å². The van der Waals surface area contributed by atoms with Gasteiger partial charge in [-0.05, 0) is 60.9 Å². The third kappa shape index (κ3) is 4.00. The Bertz CT molecular complexity index is 1160. The fraction of sp³-hybridized carbons (Fsp3) is 0.375. The molecule has 0 unspecified atom stereocenters.